The summed E-state index contributed by atoms with van der Waals surface area (Å²) in [5, 5.41) is 0. The first-order valence-corrected chi connectivity index (χ1v) is 4.18. The topological polar surface area (TPSA) is 34.9 Å². The lowest BCUT2D eigenvalue weighted by Gasteiger charge is -2.05. The molecule has 0 fully saturated rings. The fraction of sp³-hybridized carbons (Fsp3) is 0.556. The lowest BCUT2D eigenvalue weighted by Crippen LogP contribution is -2.15. The quantitative estimate of drug-likeness (QED) is 0.640. The van der Waals surface area contributed by atoms with Gasteiger partial charge in [0.1, 0.15) is 0 Å². The molecule has 0 aliphatic heterocycles. The van der Waals surface area contributed by atoms with Crippen LogP contribution in [0.4, 0.5) is 0 Å². The number of carbonyl (C=O) groups is 1. The van der Waals surface area contributed by atoms with E-state index in [0.29, 0.717) is 5.82 Å². The molecule has 1 atom stereocenters. The maximum absolute atomic E-state index is 11.6. The summed E-state index contributed by atoms with van der Waals surface area (Å²) in [7, 11) is 1.84. The van der Waals surface area contributed by atoms with Crippen molar-refractivity contribution in [1.82, 2.24) is 9.55 Å². The van der Waals surface area contributed by atoms with Crippen molar-refractivity contribution < 1.29 is 4.79 Å². The van der Waals surface area contributed by atoms with Gasteiger partial charge in [0.2, 0.25) is 5.78 Å². The number of Topliss-reactive ketones (excluding diaryl/α,β-unsaturated/α-hetero) is 1. The van der Waals surface area contributed by atoms with Crippen LogP contribution in [0.5, 0.6) is 0 Å². The summed E-state index contributed by atoms with van der Waals surface area (Å²) in [6.07, 6.45) is 4.30. The Morgan fingerprint density at radius 2 is 2.42 bits per heavy atom. The summed E-state index contributed by atoms with van der Waals surface area (Å²) < 4.78 is 1.76. The molecule has 66 valence electrons. The first-order valence-electron chi connectivity index (χ1n) is 4.18. The van der Waals surface area contributed by atoms with E-state index < -0.39 is 0 Å². The molecule has 0 aliphatic rings. The van der Waals surface area contributed by atoms with Crippen LogP contribution in [0.1, 0.15) is 30.9 Å². The standard InChI is InChI=1S/C9H14N2O/c1-4-7(2)8(12)9-10-5-6-11(9)3/h5-7H,4H2,1-3H3. The van der Waals surface area contributed by atoms with Gasteiger partial charge in [-0.1, -0.05) is 13.8 Å². The van der Waals surface area contributed by atoms with E-state index in [-0.39, 0.29) is 11.7 Å². The van der Waals surface area contributed by atoms with Crippen molar-refractivity contribution in [3.05, 3.63) is 18.2 Å². The molecule has 0 aromatic carbocycles. The van der Waals surface area contributed by atoms with E-state index in [1.165, 1.54) is 0 Å². The summed E-state index contributed by atoms with van der Waals surface area (Å²) in [4.78, 5) is 15.6. The summed E-state index contributed by atoms with van der Waals surface area (Å²) in [6.45, 7) is 3.93. The molecule has 0 N–H and O–H groups in total. The average Bonchev–Trinajstić information content (AvgIpc) is 2.48. The van der Waals surface area contributed by atoms with Crippen molar-refractivity contribution in [1.29, 1.82) is 0 Å². The molecule has 0 spiro atoms. The molecular formula is C9H14N2O. The van der Waals surface area contributed by atoms with Crippen molar-refractivity contribution in [2.75, 3.05) is 0 Å². The minimum absolute atomic E-state index is 0.0751. The Kier molecular flexibility index (Phi) is 2.63. The van der Waals surface area contributed by atoms with Gasteiger partial charge in [-0.2, -0.15) is 0 Å². The van der Waals surface area contributed by atoms with Crippen LogP contribution in [0, 0.1) is 5.92 Å². The Bertz CT molecular complexity index is 278. The predicted molar refractivity (Wildman–Crippen MR) is 47.0 cm³/mol. The Hall–Kier alpha value is -1.12. The summed E-state index contributed by atoms with van der Waals surface area (Å²) >= 11 is 0. The van der Waals surface area contributed by atoms with Crippen LogP contribution in [0.3, 0.4) is 0 Å². The van der Waals surface area contributed by atoms with Crippen LogP contribution in [-0.2, 0) is 7.05 Å². The van der Waals surface area contributed by atoms with Gasteiger partial charge >= 0.3 is 0 Å². The Morgan fingerprint density at radius 3 is 2.83 bits per heavy atom. The van der Waals surface area contributed by atoms with Crippen molar-refractivity contribution in [3.8, 4) is 0 Å². The zero-order valence-corrected chi connectivity index (χ0v) is 7.74. The van der Waals surface area contributed by atoms with Crippen LogP contribution in [-0.4, -0.2) is 15.3 Å². The zero-order chi connectivity index (χ0) is 9.14. The highest BCUT2D eigenvalue weighted by Gasteiger charge is 2.16. The molecule has 3 nitrogen and oxygen atoms in total. The lowest BCUT2D eigenvalue weighted by molar-refractivity contribution is 0.0913. The third-order valence-electron chi connectivity index (χ3n) is 2.10. The number of rotatable bonds is 3. The molecule has 1 heterocycles. The Labute approximate surface area is 72.4 Å². The second kappa shape index (κ2) is 3.52. The SMILES string of the molecule is CCC(C)C(=O)c1nccn1C. The highest BCUT2D eigenvalue weighted by atomic mass is 16.1. The number of carbonyl (C=O) groups excluding carboxylic acids is 1. The van der Waals surface area contributed by atoms with Crippen molar-refractivity contribution in [3.63, 3.8) is 0 Å². The van der Waals surface area contributed by atoms with Crippen LogP contribution in [0.25, 0.3) is 0 Å². The first-order chi connectivity index (χ1) is 5.66. The van der Waals surface area contributed by atoms with Gasteiger partial charge in [-0.15, -0.1) is 0 Å². The molecule has 1 unspecified atom stereocenters. The van der Waals surface area contributed by atoms with E-state index in [0.717, 1.165) is 6.42 Å². The number of hydrogen-bond donors (Lipinski definition) is 0. The van der Waals surface area contributed by atoms with Crippen LogP contribution >= 0.6 is 0 Å². The molecule has 0 aliphatic carbocycles. The summed E-state index contributed by atoms with van der Waals surface area (Å²) in [5.74, 6) is 0.764. The second-order valence-corrected chi connectivity index (χ2v) is 3.04. The summed E-state index contributed by atoms with van der Waals surface area (Å²) in [6, 6.07) is 0. The molecule has 0 bridgehead atoms. The van der Waals surface area contributed by atoms with Gasteiger partial charge in [0.05, 0.1) is 0 Å². The molecule has 0 radical (unpaired) electrons. The van der Waals surface area contributed by atoms with Crippen molar-refractivity contribution in [2.24, 2.45) is 13.0 Å². The fourth-order valence-corrected chi connectivity index (χ4v) is 1.01. The van der Waals surface area contributed by atoms with Crippen LogP contribution in [0.15, 0.2) is 12.4 Å². The maximum Gasteiger partial charge on any atom is 0.201 e. The number of nitrogens with zero attached hydrogens (tertiary/aromatic N) is 2. The van der Waals surface area contributed by atoms with E-state index in [4.69, 9.17) is 0 Å². The second-order valence-electron chi connectivity index (χ2n) is 3.04. The number of hydrogen-bond acceptors (Lipinski definition) is 2. The normalized spacial score (nSPS) is 12.9. The largest absolute Gasteiger partial charge is 0.332 e. The van der Waals surface area contributed by atoms with Gasteiger partial charge in [-0.05, 0) is 6.42 Å². The van der Waals surface area contributed by atoms with Gasteiger partial charge in [0.15, 0.2) is 5.82 Å². The predicted octanol–water partition coefficient (Wildman–Crippen LogP) is 1.65. The highest BCUT2D eigenvalue weighted by Crippen LogP contribution is 2.08. The zero-order valence-electron chi connectivity index (χ0n) is 7.74. The Morgan fingerprint density at radius 1 is 1.75 bits per heavy atom. The number of ketones is 1. The van der Waals surface area contributed by atoms with E-state index >= 15 is 0 Å². The van der Waals surface area contributed by atoms with E-state index in [2.05, 4.69) is 4.98 Å². The monoisotopic (exact) mass is 166 g/mol. The van der Waals surface area contributed by atoms with Crippen LogP contribution < -0.4 is 0 Å². The molecule has 0 amide bonds. The van der Waals surface area contributed by atoms with Crippen LogP contribution in [0.2, 0.25) is 0 Å². The van der Waals surface area contributed by atoms with Gasteiger partial charge in [0.25, 0.3) is 0 Å². The smallest absolute Gasteiger partial charge is 0.201 e. The molecule has 1 rings (SSSR count). The minimum atomic E-state index is 0.0751. The first kappa shape index (κ1) is 8.97. The molecule has 1 aromatic rings. The average molecular weight is 166 g/mol. The summed E-state index contributed by atoms with van der Waals surface area (Å²) in [5.41, 5.74) is 0. The van der Waals surface area contributed by atoms with Crippen molar-refractivity contribution in [2.45, 2.75) is 20.3 Å². The van der Waals surface area contributed by atoms with E-state index in [1.807, 2.05) is 20.9 Å². The maximum atomic E-state index is 11.6. The van der Waals surface area contributed by atoms with Crippen molar-refractivity contribution >= 4 is 5.78 Å². The fourth-order valence-electron chi connectivity index (χ4n) is 1.01. The molecular weight excluding hydrogens is 152 g/mol. The molecule has 0 saturated carbocycles. The highest BCUT2D eigenvalue weighted by molar-refractivity contribution is 5.94. The Balaban J connectivity index is 2.85. The number of imidazole rings is 1. The minimum Gasteiger partial charge on any atom is -0.332 e. The molecule has 12 heavy (non-hydrogen) atoms. The molecule has 0 saturated heterocycles. The third-order valence-corrected chi connectivity index (χ3v) is 2.10. The lowest BCUT2D eigenvalue weighted by atomic mass is 10.0. The third kappa shape index (κ3) is 1.55. The molecule has 3 heteroatoms. The van der Waals surface area contributed by atoms with Gasteiger partial charge in [-0.25, -0.2) is 4.98 Å². The van der Waals surface area contributed by atoms with Gasteiger partial charge in [-0.3, -0.25) is 4.79 Å². The van der Waals surface area contributed by atoms with E-state index in [1.54, 1.807) is 17.0 Å². The number of aromatic nitrogens is 2. The van der Waals surface area contributed by atoms with Gasteiger partial charge in [0, 0.05) is 25.4 Å². The molecule has 1 aromatic heterocycles. The van der Waals surface area contributed by atoms with E-state index in [9.17, 15) is 4.79 Å². The number of aryl methyl sites for hydroxylation is 1. The van der Waals surface area contributed by atoms with Gasteiger partial charge < -0.3 is 4.57 Å².